The summed E-state index contributed by atoms with van der Waals surface area (Å²) in [6.07, 6.45) is 0.687. The minimum atomic E-state index is -0.983. The van der Waals surface area contributed by atoms with E-state index in [4.69, 9.17) is 5.11 Å². The number of aromatic carboxylic acids is 1. The SMILES string of the molecule is Cc1nc(NCC(C)(O)CC(C)C)ccc1C(=O)O. The third-order valence-electron chi connectivity index (χ3n) is 2.81. The number of carboxylic acid groups (broad SMARTS) is 1. The van der Waals surface area contributed by atoms with E-state index in [0.29, 0.717) is 30.4 Å². The number of rotatable bonds is 6. The molecule has 0 spiro atoms. The number of aryl methyl sites for hydroxylation is 1. The van der Waals surface area contributed by atoms with Gasteiger partial charge in [0.05, 0.1) is 16.9 Å². The summed E-state index contributed by atoms with van der Waals surface area (Å²) in [5.41, 5.74) is -0.157. The minimum absolute atomic E-state index is 0.194. The zero-order chi connectivity index (χ0) is 14.6. The maximum Gasteiger partial charge on any atom is 0.337 e. The lowest BCUT2D eigenvalue weighted by molar-refractivity contribution is 0.0514. The number of carbonyl (C=O) groups is 1. The van der Waals surface area contributed by atoms with Gasteiger partial charge in [0.25, 0.3) is 0 Å². The van der Waals surface area contributed by atoms with Gasteiger partial charge in [0.2, 0.25) is 0 Å². The first-order chi connectivity index (χ1) is 8.71. The lowest BCUT2D eigenvalue weighted by atomic mass is 9.94. The largest absolute Gasteiger partial charge is 0.478 e. The fraction of sp³-hybridized carbons (Fsp3) is 0.571. The number of anilines is 1. The van der Waals surface area contributed by atoms with Gasteiger partial charge in [-0.1, -0.05) is 13.8 Å². The molecule has 19 heavy (non-hydrogen) atoms. The highest BCUT2D eigenvalue weighted by Crippen LogP contribution is 2.17. The van der Waals surface area contributed by atoms with Crippen molar-refractivity contribution in [1.29, 1.82) is 0 Å². The second-order valence-electron chi connectivity index (χ2n) is 5.58. The lowest BCUT2D eigenvalue weighted by Gasteiger charge is -2.25. The summed E-state index contributed by atoms with van der Waals surface area (Å²) in [6, 6.07) is 3.13. The molecule has 1 unspecified atom stereocenters. The predicted molar refractivity (Wildman–Crippen MR) is 74.5 cm³/mol. The highest BCUT2D eigenvalue weighted by molar-refractivity contribution is 5.89. The Morgan fingerprint density at radius 3 is 2.58 bits per heavy atom. The maximum atomic E-state index is 10.9. The highest BCUT2D eigenvalue weighted by Gasteiger charge is 2.21. The third kappa shape index (κ3) is 4.87. The molecule has 0 saturated heterocycles. The van der Waals surface area contributed by atoms with Crippen LogP contribution >= 0.6 is 0 Å². The second kappa shape index (κ2) is 6.02. The highest BCUT2D eigenvalue weighted by atomic mass is 16.4. The van der Waals surface area contributed by atoms with Gasteiger partial charge in [-0.25, -0.2) is 9.78 Å². The molecular formula is C14H22N2O3. The quantitative estimate of drug-likeness (QED) is 0.736. The molecule has 106 valence electrons. The van der Waals surface area contributed by atoms with Gasteiger partial charge < -0.3 is 15.5 Å². The molecule has 0 aliphatic heterocycles. The van der Waals surface area contributed by atoms with Gasteiger partial charge in [0, 0.05) is 6.54 Å². The molecule has 1 heterocycles. The monoisotopic (exact) mass is 266 g/mol. The lowest BCUT2D eigenvalue weighted by Crippen LogP contribution is -2.35. The first kappa shape index (κ1) is 15.4. The third-order valence-corrected chi connectivity index (χ3v) is 2.81. The summed E-state index contributed by atoms with van der Waals surface area (Å²) in [6.45, 7) is 7.92. The smallest absolute Gasteiger partial charge is 0.337 e. The van der Waals surface area contributed by atoms with Crippen molar-refractivity contribution < 1.29 is 15.0 Å². The Morgan fingerprint density at radius 1 is 1.47 bits per heavy atom. The number of hydrogen-bond donors (Lipinski definition) is 3. The van der Waals surface area contributed by atoms with Gasteiger partial charge >= 0.3 is 5.97 Å². The standard InChI is InChI=1S/C14H22N2O3/c1-9(2)7-14(4,19)8-15-12-6-5-11(13(17)18)10(3)16-12/h5-6,9,19H,7-8H2,1-4H3,(H,15,16)(H,17,18). The molecule has 1 atom stereocenters. The molecule has 5 nitrogen and oxygen atoms in total. The van der Waals surface area contributed by atoms with Crippen LogP contribution in [0.15, 0.2) is 12.1 Å². The first-order valence-corrected chi connectivity index (χ1v) is 6.38. The van der Waals surface area contributed by atoms with Crippen molar-refractivity contribution >= 4 is 11.8 Å². The van der Waals surface area contributed by atoms with Crippen molar-refractivity contribution in [2.75, 3.05) is 11.9 Å². The second-order valence-corrected chi connectivity index (χ2v) is 5.58. The van der Waals surface area contributed by atoms with Crippen molar-refractivity contribution in [2.24, 2.45) is 5.92 Å². The van der Waals surface area contributed by atoms with Crippen molar-refractivity contribution in [1.82, 2.24) is 4.98 Å². The average Bonchev–Trinajstić information content (AvgIpc) is 2.24. The molecule has 0 fully saturated rings. The van der Waals surface area contributed by atoms with Crippen LogP contribution in [0.5, 0.6) is 0 Å². The fourth-order valence-corrected chi connectivity index (χ4v) is 2.12. The van der Waals surface area contributed by atoms with Gasteiger partial charge in [0.15, 0.2) is 0 Å². The summed E-state index contributed by atoms with van der Waals surface area (Å²) >= 11 is 0. The average molecular weight is 266 g/mol. The molecule has 3 N–H and O–H groups in total. The number of nitrogens with zero attached hydrogens (tertiary/aromatic N) is 1. The van der Waals surface area contributed by atoms with E-state index in [1.807, 2.05) is 0 Å². The molecule has 0 amide bonds. The van der Waals surface area contributed by atoms with Crippen LogP contribution in [0, 0.1) is 12.8 Å². The van der Waals surface area contributed by atoms with Gasteiger partial charge in [-0.2, -0.15) is 0 Å². The Morgan fingerprint density at radius 2 is 2.11 bits per heavy atom. The Hall–Kier alpha value is -1.62. The Labute approximate surface area is 113 Å². The van der Waals surface area contributed by atoms with E-state index in [9.17, 15) is 9.90 Å². The number of aliphatic hydroxyl groups is 1. The Balaban J connectivity index is 2.69. The van der Waals surface area contributed by atoms with Crippen LogP contribution in [0.3, 0.4) is 0 Å². The first-order valence-electron chi connectivity index (χ1n) is 6.38. The number of hydrogen-bond acceptors (Lipinski definition) is 4. The zero-order valence-electron chi connectivity index (χ0n) is 11.9. The molecule has 1 rings (SSSR count). The van der Waals surface area contributed by atoms with Crippen LogP contribution in [0.2, 0.25) is 0 Å². The van der Waals surface area contributed by atoms with Crippen LogP contribution in [-0.2, 0) is 0 Å². The summed E-state index contributed by atoms with van der Waals surface area (Å²) in [5, 5.41) is 22.1. The molecule has 0 aliphatic rings. The van der Waals surface area contributed by atoms with Gasteiger partial charge in [0.1, 0.15) is 5.82 Å². The van der Waals surface area contributed by atoms with Crippen LogP contribution in [0.4, 0.5) is 5.82 Å². The van der Waals surface area contributed by atoms with E-state index in [2.05, 4.69) is 24.1 Å². The normalized spacial score (nSPS) is 14.2. The van der Waals surface area contributed by atoms with Crippen molar-refractivity contribution in [2.45, 2.75) is 39.7 Å². The number of carboxylic acids is 1. The summed E-state index contributed by atoms with van der Waals surface area (Å²) in [7, 11) is 0. The maximum absolute atomic E-state index is 10.9. The molecule has 0 radical (unpaired) electrons. The van der Waals surface area contributed by atoms with E-state index in [0.717, 1.165) is 0 Å². The summed E-state index contributed by atoms with van der Waals surface area (Å²) < 4.78 is 0. The van der Waals surface area contributed by atoms with E-state index < -0.39 is 11.6 Å². The predicted octanol–water partition coefficient (Wildman–Crippen LogP) is 2.30. The molecule has 0 aliphatic carbocycles. The van der Waals surface area contributed by atoms with Gasteiger partial charge in [-0.3, -0.25) is 0 Å². The van der Waals surface area contributed by atoms with Crippen LogP contribution in [0.25, 0.3) is 0 Å². The Kier molecular flexibility index (Phi) is 4.89. The molecule has 1 aromatic heterocycles. The topological polar surface area (TPSA) is 82.5 Å². The van der Waals surface area contributed by atoms with Crippen molar-refractivity contribution in [3.8, 4) is 0 Å². The fourth-order valence-electron chi connectivity index (χ4n) is 2.12. The molecule has 0 aromatic carbocycles. The zero-order valence-corrected chi connectivity index (χ0v) is 11.9. The van der Waals surface area contributed by atoms with E-state index in [1.165, 1.54) is 6.07 Å². The number of aromatic nitrogens is 1. The van der Waals surface area contributed by atoms with Crippen molar-refractivity contribution in [3.63, 3.8) is 0 Å². The minimum Gasteiger partial charge on any atom is -0.478 e. The molecule has 5 heteroatoms. The van der Waals surface area contributed by atoms with E-state index in [-0.39, 0.29) is 5.56 Å². The van der Waals surface area contributed by atoms with Gasteiger partial charge in [-0.15, -0.1) is 0 Å². The Bertz CT molecular complexity index is 456. The van der Waals surface area contributed by atoms with E-state index >= 15 is 0 Å². The van der Waals surface area contributed by atoms with Crippen LogP contribution in [0.1, 0.15) is 43.2 Å². The molecular weight excluding hydrogens is 244 g/mol. The van der Waals surface area contributed by atoms with Crippen molar-refractivity contribution in [3.05, 3.63) is 23.4 Å². The molecule has 0 saturated carbocycles. The summed E-state index contributed by atoms with van der Waals surface area (Å²) in [4.78, 5) is 15.0. The number of nitrogens with one attached hydrogen (secondary N) is 1. The summed E-state index contributed by atoms with van der Waals surface area (Å²) in [5.74, 6) is -0.00392. The molecule has 0 bridgehead atoms. The number of pyridine rings is 1. The molecule has 1 aromatic rings. The van der Waals surface area contributed by atoms with Crippen LogP contribution in [-0.4, -0.2) is 33.3 Å². The van der Waals surface area contributed by atoms with Gasteiger partial charge in [-0.05, 0) is 38.3 Å². The van der Waals surface area contributed by atoms with Crippen LogP contribution < -0.4 is 5.32 Å². The van der Waals surface area contributed by atoms with E-state index in [1.54, 1.807) is 19.9 Å².